The lowest BCUT2D eigenvalue weighted by molar-refractivity contribution is -0.137. The summed E-state index contributed by atoms with van der Waals surface area (Å²) in [7, 11) is 1.58. The zero-order valence-electron chi connectivity index (χ0n) is 18.0. The topological polar surface area (TPSA) is 67.9 Å². The van der Waals surface area contributed by atoms with E-state index in [1.807, 2.05) is 61.5 Å². The van der Waals surface area contributed by atoms with Gasteiger partial charge >= 0.3 is 0 Å². The minimum atomic E-state index is -0.362. The molecule has 3 aromatic rings. The van der Waals surface area contributed by atoms with Crippen molar-refractivity contribution in [1.29, 1.82) is 0 Å². The molecule has 0 unspecified atom stereocenters. The highest BCUT2D eigenvalue weighted by molar-refractivity contribution is 6.36. The molecule has 2 amide bonds. The van der Waals surface area contributed by atoms with Gasteiger partial charge in [0.2, 0.25) is 0 Å². The molecular formula is C26H24N2O4. The highest BCUT2D eigenvalue weighted by Gasteiger charge is 2.39. The van der Waals surface area contributed by atoms with Crippen LogP contribution in [0, 0.1) is 0 Å². The van der Waals surface area contributed by atoms with E-state index in [0.29, 0.717) is 29.2 Å². The third-order valence-electron chi connectivity index (χ3n) is 5.16. The molecule has 1 aliphatic rings. The van der Waals surface area contributed by atoms with Gasteiger partial charge in [-0.2, -0.15) is 0 Å². The van der Waals surface area contributed by atoms with Crippen molar-refractivity contribution >= 4 is 23.1 Å². The number of nitrogens with one attached hydrogen (secondary N) is 1. The fraction of sp³-hybridized carbons (Fsp3) is 0.154. The molecule has 6 heteroatoms. The highest BCUT2D eigenvalue weighted by atomic mass is 16.5. The predicted molar refractivity (Wildman–Crippen MR) is 123 cm³/mol. The molecule has 0 saturated carbocycles. The number of hydrogen-bond acceptors (Lipinski definition) is 5. The van der Waals surface area contributed by atoms with Crippen LogP contribution < -0.4 is 14.8 Å². The summed E-state index contributed by atoms with van der Waals surface area (Å²) in [5.41, 5.74) is 2.80. The molecular weight excluding hydrogens is 404 g/mol. The molecule has 0 saturated heterocycles. The first-order valence-electron chi connectivity index (χ1n) is 10.4. The lowest BCUT2D eigenvalue weighted by atomic mass is 10.0. The van der Waals surface area contributed by atoms with Crippen molar-refractivity contribution in [2.45, 2.75) is 13.5 Å². The van der Waals surface area contributed by atoms with Crippen LogP contribution in [0.5, 0.6) is 11.5 Å². The van der Waals surface area contributed by atoms with Crippen molar-refractivity contribution in [2.24, 2.45) is 0 Å². The Morgan fingerprint density at radius 1 is 0.812 bits per heavy atom. The van der Waals surface area contributed by atoms with Crippen molar-refractivity contribution in [3.8, 4) is 11.5 Å². The molecule has 0 spiro atoms. The maximum Gasteiger partial charge on any atom is 0.278 e. The lowest BCUT2D eigenvalue weighted by Gasteiger charge is -2.15. The minimum Gasteiger partial charge on any atom is -0.497 e. The van der Waals surface area contributed by atoms with Gasteiger partial charge in [-0.15, -0.1) is 0 Å². The summed E-state index contributed by atoms with van der Waals surface area (Å²) in [5.74, 6) is 0.714. The molecule has 4 rings (SSSR count). The highest BCUT2D eigenvalue weighted by Crippen LogP contribution is 2.32. The van der Waals surface area contributed by atoms with Crippen LogP contribution >= 0.6 is 0 Å². The molecule has 1 heterocycles. The lowest BCUT2D eigenvalue weighted by Crippen LogP contribution is -2.31. The van der Waals surface area contributed by atoms with Gasteiger partial charge in [0.15, 0.2) is 0 Å². The minimum absolute atomic E-state index is 0.201. The van der Waals surface area contributed by atoms with Gasteiger partial charge in [0, 0.05) is 5.69 Å². The van der Waals surface area contributed by atoms with Crippen LogP contribution in [-0.4, -0.2) is 30.4 Å². The van der Waals surface area contributed by atoms with Gasteiger partial charge in [-0.05, 0) is 54.4 Å². The molecule has 1 N–H and O–H groups in total. The first-order chi connectivity index (χ1) is 15.6. The van der Waals surface area contributed by atoms with Gasteiger partial charge in [0.25, 0.3) is 11.8 Å². The molecule has 0 aromatic heterocycles. The van der Waals surface area contributed by atoms with Crippen LogP contribution in [-0.2, 0) is 16.1 Å². The van der Waals surface area contributed by atoms with Crippen molar-refractivity contribution in [1.82, 2.24) is 4.90 Å². The van der Waals surface area contributed by atoms with E-state index >= 15 is 0 Å². The number of ether oxygens (including phenoxy) is 2. The number of carbonyl (C=O) groups excluding carboxylic acids is 2. The van der Waals surface area contributed by atoms with Crippen molar-refractivity contribution in [2.75, 3.05) is 19.0 Å². The Hall–Kier alpha value is -4.06. The normalized spacial score (nSPS) is 13.5. The van der Waals surface area contributed by atoms with Crippen molar-refractivity contribution < 1.29 is 19.1 Å². The smallest absolute Gasteiger partial charge is 0.278 e. The van der Waals surface area contributed by atoms with Gasteiger partial charge in [0.05, 0.1) is 25.8 Å². The summed E-state index contributed by atoms with van der Waals surface area (Å²) < 4.78 is 10.7. The quantitative estimate of drug-likeness (QED) is 0.536. The molecule has 0 aliphatic carbocycles. The van der Waals surface area contributed by atoms with Gasteiger partial charge in [-0.1, -0.05) is 42.5 Å². The Labute approximate surface area is 187 Å². The van der Waals surface area contributed by atoms with Crippen LogP contribution in [0.1, 0.15) is 18.1 Å². The first kappa shape index (κ1) is 21.2. The molecule has 32 heavy (non-hydrogen) atoms. The number of carbonyl (C=O) groups is 2. The second-order valence-corrected chi connectivity index (χ2v) is 7.24. The van der Waals surface area contributed by atoms with Crippen LogP contribution in [0.4, 0.5) is 5.69 Å². The third kappa shape index (κ3) is 4.34. The molecule has 0 atom stereocenters. The van der Waals surface area contributed by atoms with E-state index in [0.717, 1.165) is 11.3 Å². The van der Waals surface area contributed by atoms with E-state index in [9.17, 15) is 9.59 Å². The van der Waals surface area contributed by atoms with Crippen molar-refractivity contribution in [3.05, 3.63) is 95.7 Å². The number of benzene rings is 3. The van der Waals surface area contributed by atoms with Gasteiger partial charge < -0.3 is 14.8 Å². The molecule has 162 valence electrons. The largest absolute Gasteiger partial charge is 0.497 e. The Bertz CT molecular complexity index is 1140. The fourth-order valence-corrected chi connectivity index (χ4v) is 3.57. The Balaban J connectivity index is 1.69. The third-order valence-corrected chi connectivity index (χ3v) is 5.16. The number of rotatable bonds is 8. The standard InChI is InChI=1S/C26H24N2O4/c1-3-32-22-15-11-20(12-16-22)27-24-23(19-9-13-21(31-2)14-10-19)25(29)28(26(24)30)17-18-7-5-4-6-8-18/h4-16,27H,3,17H2,1-2H3. The maximum atomic E-state index is 13.4. The van der Waals surface area contributed by atoms with E-state index in [-0.39, 0.29) is 24.1 Å². The number of anilines is 1. The maximum absolute atomic E-state index is 13.4. The number of amides is 2. The van der Waals surface area contributed by atoms with E-state index in [2.05, 4.69) is 5.32 Å². The van der Waals surface area contributed by atoms with Crippen LogP contribution in [0.15, 0.2) is 84.6 Å². The van der Waals surface area contributed by atoms with E-state index < -0.39 is 0 Å². The van der Waals surface area contributed by atoms with E-state index in [1.54, 1.807) is 31.4 Å². The van der Waals surface area contributed by atoms with Gasteiger partial charge in [-0.3, -0.25) is 14.5 Å². The SMILES string of the molecule is CCOc1ccc(NC2=C(c3ccc(OC)cc3)C(=O)N(Cc3ccccc3)C2=O)cc1. The number of methoxy groups -OCH3 is 1. The molecule has 1 aliphatic heterocycles. The second-order valence-electron chi connectivity index (χ2n) is 7.24. The van der Waals surface area contributed by atoms with Gasteiger partial charge in [-0.25, -0.2) is 0 Å². The first-order valence-corrected chi connectivity index (χ1v) is 10.4. The summed E-state index contributed by atoms with van der Waals surface area (Å²) in [6, 6.07) is 23.9. The molecule has 6 nitrogen and oxygen atoms in total. The number of nitrogens with zero attached hydrogens (tertiary/aromatic N) is 1. The molecule has 0 fully saturated rings. The summed E-state index contributed by atoms with van der Waals surface area (Å²) in [4.78, 5) is 28.0. The molecule has 0 radical (unpaired) electrons. The Morgan fingerprint density at radius 2 is 1.47 bits per heavy atom. The van der Waals surface area contributed by atoms with E-state index in [1.165, 1.54) is 4.90 Å². The summed E-state index contributed by atoms with van der Waals surface area (Å²) in [5, 5.41) is 3.16. The molecule has 3 aromatic carbocycles. The monoisotopic (exact) mass is 428 g/mol. The zero-order valence-corrected chi connectivity index (χ0v) is 18.0. The van der Waals surface area contributed by atoms with E-state index in [4.69, 9.17) is 9.47 Å². The molecule has 0 bridgehead atoms. The zero-order chi connectivity index (χ0) is 22.5. The predicted octanol–water partition coefficient (Wildman–Crippen LogP) is 4.49. The summed E-state index contributed by atoms with van der Waals surface area (Å²) in [6.45, 7) is 2.69. The summed E-state index contributed by atoms with van der Waals surface area (Å²) in [6.07, 6.45) is 0. The summed E-state index contributed by atoms with van der Waals surface area (Å²) >= 11 is 0. The average molecular weight is 428 g/mol. The average Bonchev–Trinajstić information content (AvgIpc) is 3.05. The fourth-order valence-electron chi connectivity index (χ4n) is 3.57. The van der Waals surface area contributed by atoms with Crippen molar-refractivity contribution in [3.63, 3.8) is 0 Å². The van der Waals surface area contributed by atoms with Crippen LogP contribution in [0.2, 0.25) is 0 Å². The Kier molecular flexibility index (Phi) is 6.22. The number of hydrogen-bond donors (Lipinski definition) is 1. The van der Waals surface area contributed by atoms with Crippen LogP contribution in [0.3, 0.4) is 0 Å². The van der Waals surface area contributed by atoms with Gasteiger partial charge in [0.1, 0.15) is 17.2 Å². The van der Waals surface area contributed by atoms with Crippen LogP contribution in [0.25, 0.3) is 5.57 Å². The Morgan fingerprint density at radius 3 is 2.09 bits per heavy atom. The second kappa shape index (κ2) is 9.39. The number of imide groups is 1.